The Hall–Kier alpha value is -4.07. The third kappa shape index (κ3) is 5.03. The third-order valence-corrected chi connectivity index (χ3v) is 7.51. The molecule has 2 aliphatic rings. The highest BCUT2D eigenvalue weighted by Crippen LogP contribution is 2.41. The molecule has 0 spiro atoms. The fourth-order valence-corrected chi connectivity index (χ4v) is 5.49. The molecule has 7 nitrogen and oxygen atoms in total. The van der Waals surface area contributed by atoms with Gasteiger partial charge in [-0.3, -0.25) is 9.59 Å². The van der Waals surface area contributed by atoms with Gasteiger partial charge in [0.05, 0.1) is 31.9 Å². The van der Waals surface area contributed by atoms with Gasteiger partial charge in [-0.05, 0) is 60.5 Å². The van der Waals surface area contributed by atoms with E-state index in [0.717, 1.165) is 11.3 Å². The molecule has 2 heterocycles. The molecule has 0 bridgehead atoms. The number of carbonyl (C=O) groups is 2. The topological polar surface area (TPSA) is 62.3 Å². The van der Waals surface area contributed by atoms with Crippen molar-refractivity contribution in [1.82, 2.24) is 4.90 Å². The first kappa shape index (κ1) is 25.6. The summed E-state index contributed by atoms with van der Waals surface area (Å²) >= 11 is 0. The van der Waals surface area contributed by atoms with Crippen LogP contribution in [0.5, 0.6) is 11.5 Å². The van der Waals surface area contributed by atoms with Crippen LogP contribution < -0.4 is 19.3 Å². The lowest BCUT2D eigenvalue weighted by Gasteiger charge is -2.44. The number of para-hydroxylation sites is 1. The lowest BCUT2D eigenvalue weighted by atomic mass is 9.82. The smallest absolute Gasteiger partial charge is 0.228 e. The Labute approximate surface area is 222 Å². The summed E-state index contributed by atoms with van der Waals surface area (Å²) < 4.78 is 25.0. The zero-order valence-electron chi connectivity index (χ0n) is 21.7. The number of hydrogen-bond donors (Lipinski definition) is 0. The monoisotopic (exact) mass is 517 g/mol. The van der Waals surface area contributed by atoms with Crippen molar-refractivity contribution in [2.24, 2.45) is 5.92 Å². The van der Waals surface area contributed by atoms with Gasteiger partial charge in [-0.1, -0.05) is 24.3 Å². The lowest BCUT2D eigenvalue weighted by molar-refractivity contribution is -0.138. The fourth-order valence-electron chi connectivity index (χ4n) is 5.49. The van der Waals surface area contributed by atoms with E-state index in [0.29, 0.717) is 49.8 Å². The average Bonchev–Trinajstić information content (AvgIpc) is 2.97. The predicted octanol–water partition coefficient (Wildman–Crippen LogP) is 4.68. The van der Waals surface area contributed by atoms with Gasteiger partial charge in [-0.15, -0.1) is 0 Å². The lowest BCUT2D eigenvalue weighted by Crippen LogP contribution is -2.54. The fraction of sp³-hybridized carbons (Fsp3) is 0.333. The van der Waals surface area contributed by atoms with Crippen LogP contribution in [-0.4, -0.2) is 57.1 Å². The maximum atomic E-state index is 14.3. The summed E-state index contributed by atoms with van der Waals surface area (Å²) in [5.41, 5.74) is 2.15. The van der Waals surface area contributed by atoms with Crippen LogP contribution in [0.3, 0.4) is 0 Å². The minimum Gasteiger partial charge on any atom is -0.497 e. The molecule has 0 radical (unpaired) electrons. The molecule has 5 rings (SSSR count). The standard InChI is InChI=1S/C30H32FN3O4/c1-37-23-11-7-21(8-12-23)29-25(15-16-28(35)34(29)22-9-13-24(38-2)14-10-22)30(36)33-19-17-32(18-20-33)27-6-4-3-5-26(27)31/h3-14,25,29H,15-20H2,1-2H3/t25-,29+/m1/s1. The van der Waals surface area contributed by atoms with Gasteiger partial charge in [0.15, 0.2) is 0 Å². The van der Waals surface area contributed by atoms with E-state index in [-0.39, 0.29) is 24.1 Å². The molecule has 198 valence electrons. The summed E-state index contributed by atoms with van der Waals surface area (Å²) in [6.45, 7) is 2.09. The summed E-state index contributed by atoms with van der Waals surface area (Å²) in [6.07, 6.45) is 0.749. The molecule has 3 aromatic carbocycles. The molecule has 38 heavy (non-hydrogen) atoms. The number of anilines is 2. The van der Waals surface area contributed by atoms with E-state index in [4.69, 9.17) is 9.47 Å². The van der Waals surface area contributed by atoms with Crippen LogP contribution in [0.15, 0.2) is 72.8 Å². The number of halogens is 1. The van der Waals surface area contributed by atoms with Crippen LogP contribution in [0.1, 0.15) is 24.4 Å². The number of piperidine rings is 1. The van der Waals surface area contributed by atoms with Gasteiger partial charge in [0, 0.05) is 38.3 Å². The number of benzene rings is 3. The van der Waals surface area contributed by atoms with E-state index in [2.05, 4.69) is 0 Å². The largest absolute Gasteiger partial charge is 0.497 e. The molecule has 0 N–H and O–H groups in total. The van der Waals surface area contributed by atoms with Gasteiger partial charge in [0.25, 0.3) is 0 Å². The van der Waals surface area contributed by atoms with Gasteiger partial charge in [-0.25, -0.2) is 4.39 Å². The van der Waals surface area contributed by atoms with Gasteiger partial charge in [0.1, 0.15) is 17.3 Å². The predicted molar refractivity (Wildman–Crippen MR) is 144 cm³/mol. The van der Waals surface area contributed by atoms with Gasteiger partial charge >= 0.3 is 0 Å². The molecule has 2 amide bonds. The van der Waals surface area contributed by atoms with Gasteiger partial charge < -0.3 is 24.2 Å². The highest BCUT2D eigenvalue weighted by atomic mass is 19.1. The first-order valence-corrected chi connectivity index (χ1v) is 12.9. The Morgan fingerprint density at radius 1 is 0.842 bits per heavy atom. The minimum absolute atomic E-state index is 0.0185. The Balaban J connectivity index is 1.42. The number of piperazine rings is 1. The van der Waals surface area contributed by atoms with Crippen LogP contribution in [0.2, 0.25) is 0 Å². The van der Waals surface area contributed by atoms with Crippen LogP contribution >= 0.6 is 0 Å². The summed E-state index contributed by atoms with van der Waals surface area (Å²) in [7, 11) is 3.21. The molecule has 2 aliphatic heterocycles. The Morgan fingerprint density at radius 2 is 1.45 bits per heavy atom. The number of rotatable bonds is 6. The van der Waals surface area contributed by atoms with Crippen LogP contribution in [0, 0.1) is 11.7 Å². The first-order valence-electron chi connectivity index (χ1n) is 12.9. The van der Waals surface area contributed by atoms with Crippen LogP contribution in [0.4, 0.5) is 15.8 Å². The van der Waals surface area contributed by atoms with Crippen molar-refractivity contribution in [2.45, 2.75) is 18.9 Å². The summed E-state index contributed by atoms with van der Waals surface area (Å²) in [6, 6.07) is 21.2. The summed E-state index contributed by atoms with van der Waals surface area (Å²) in [5.74, 6) is 0.726. The number of nitrogens with zero attached hydrogens (tertiary/aromatic N) is 3. The van der Waals surface area contributed by atoms with Crippen molar-refractivity contribution >= 4 is 23.2 Å². The first-order chi connectivity index (χ1) is 18.5. The second-order valence-electron chi connectivity index (χ2n) is 9.59. The zero-order chi connectivity index (χ0) is 26.6. The molecular weight excluding hydrogens is 485 g/mol. The average molecular weight is 518 g/mol. The molecule has 0 unspecified atom stereocenters. The Kier molecular flexibility index (Phi) is 7.49. The van der Waals surface area contributed by atoms with Crippen molar-refractivity contribution in [2.75, 3.05) is 50.2 Å². The quantitative estimate of drug-likeness (QED) is 0.475. The van der Waals surface area contributed by atoms with Crippen LogP contribution in [-0.2, 0) is 9.59 Å². The van der Waals surface area contributed by atoms with Crippen molar-refractivity contribution in [3.05, 3.63) is 84.2 Å². The number of carbonyl (C=O) groups excluding carboxylic acids is 2. The van der Waals surface area contributed by atoms with Crippen molar-refractivity contribution < 1.29 is 23.5 Å². The van der Waals surface area contributed by atoms with E-state index in [9.17, 15) is 14.0 Å². The second-order valence-corrected chi connectivity index (χ2v) is 9.59. The van der Waals surface area contributed by atoms with E-state index >= 15 is 0 Å². The number of ether oxygens (including phenoxy) is 2. The van der Waals surface area contributed by atoms with E-state index in [1.807, 2.05) is 64.4 Å². The molecule has 2 saturated heterocycles. The van der Waals surface area contributed by atoms with Crippen molar-refractivity contribution in [3.8, 4) is 11.5 Å². The molecule has 0 saturated carbocycles. The molecule has 8 heteroatoms. The maximum Gasteiger partial charge on any atom is 0.228 e. The van der Waals surface area contributed by atoms with E-state index < -0.39 is 12.0 Å². The summed E-state index contributed by atoms with van der Waals surface area (Å²) in [5, 5.41) is 0. The minimum atomic E-state index is -0.465. The Morgan fingerprint density at radius 3 is 2.05 bits per heavy atom. The number of hydrogen-bond acceptors (Lipinski definition) is 5. The number of amides is 2. The summed E-state index contributed by atoms with van der Waals surface area (Å²) in [4.78, 5) is 32.9. The SMILES string of the molecule is COc1ccc([C@H]2[C@H](C(=O)N3CCN(c4ccccc4F)CC3)CCC(=O)N2c2ccc(OC)cc2)cc1. The molecule has 0 aliphatic carbocycles. The second kappa shape index (κ2) is 11.1. The normalized spacial score (nSPS) is 19.9. The molecule has 2 atom stereocenters. The van der Waals surface area contributed by atoms with E-state index in [1.54, 1.807) is 31.3 Å². The van der Waals surface area contributed by atoms with Crippen molar-refractivity contribution in [3.63, 3.8) is 0 Å². The van der Waals surface area contributed by atoms with Gasteiger partial charge in [-0.2, -0.15) is 0 Å². The highest BCUT2D eigenvalue weighted by molar-refractivity contribution is 5.97. The Bertz CT molecular complexity index is 1270. The highest BCUT2D eigenvalue weighted by Gasteiger charge is 2.43. The molecule has 0 aromatic heterocycles. The maximum absolute atomic E-state index is 14.3. The van der Waals surface area contributed by atoms with Crippen molar-refractivity contribution in [1.29, 1.82) is 0 Å². The molecular formula is C30H32FN3O4. The molecule has 3 aromatic rings. The third-order valence-electron chi connectivity index (χ3n) is 7.51. The van der Waals surface area contributed by atoms with Gasteiger partial charge in [0.2, 0.25) is 11.8 Å². The van der Waals surface area contributed by atoms with E-state index in [1.165, 1.54) is 6.07 Å². The zero-order valence-corrected chi connectivity index (χ0v) is 21.7. The van der Waals surface area contributed by atoms with Crippen LogP contribution in [0.25, 0.3) is 0 Å². The number of methoxy groups -OCH3 is 2. The molecule has 2 fully saturated rings.